The van der Waals surface area contributed by atoms with Crippen molar-refractivity contribution in [2.75, 3.05) is 0 Å². The summed E-state index contributed by atoms with van der Waals surface area (Å²) >= 11 is 2.59. The first-order valence-electron chi connectivity index (χ1n) is 2.92. The second-order valence-corrected chi connectivity index (χ2v) is 5.93. The molecule has 0 saturated heterocycles. The van der Waals surface area contributed by atoms with E-state index >= 15 is 0 Å². The normalized spacial score (nSPS) is 18.7. The minimum Gasteiger partial charge on any atom is -0.212 e. The van der Waals surface area contributed by atoms with Gasteiger partial charge in [0, 0.05) is 0 Å². The summed E-state index contributed by atoms with van der Waals surface area (Å²) < 4.78 is 21.6. The van der Waals surface area contributed by atoms with Crippen LogP contribution in [0.15, 0.2) is 23.1 Å². The van der Waals surface area contributed by atoms with Crippen LogP contribution < -0.4 is 0 Å². The highest BCUT2D eigenvalue weighted by Crippen LogP contribution is 2.20. The second-order valence-electron chi connectivity index (χ2n) is 2.02. The number of rotatable bonds is 1. The Hall–Kier alpha value is -0.0900. The molecule has 0 aromatic carbocycles. The first kappa shape index (κ1) is 8.01. The fraction of sp³-hybridized carbons (Fsp3) is 0.333. The van der Waals surface area contributed by atoms with Gasteiger partial charge in [0.15, 0.2) is 0 Å². The van der Waals surface area contributed by atoms with Crippen molar-refractivity contribution in [2.45, 2.75) is 12.8 Å². The molecule has 0 saturated carbocycles. The Balaban J connectivity index is 2.94. The monoisotopic (exact) mass is 222 g/mol. The lowest BCUT2D eigenvalue weighted by Crippen LogP contribution is -1.93. The van der Waals surface area contributed by atoms with Gasteiger partial charge in [0.2, 0.25) is 8.27 Å². The van der Waals surface area contributed by atoms with Crippen LogP contribution in [-0.2, 0) is 8.27 Å². The van der Waals surface area contributed by atoms with Gasteiger partial charge in [-0.3, -0.25) is 0 Å². The maximum atomic E-state index is 10.8. The summed E-state index contributed by atoms with van der Waals surface area (Å²) in [6, 6.07) is 0. The lowest BCUT2D eigenvalue weighted by atomic mass is 10.2. The third-order valence-corrected chi connectivity index (χ3v) is 3.23. The summed E-state index contributed by atoms with van der Waals surface area (Å²) in [6.45, 7) is 0. The zero-order valence-electron chi connectivity index (χ0n) is 5.25. The smallest absolute Gasteiger partial charge is 0.212 e. The van der Waals surface area contributed by atoms with Crippen LogP contribution in [0.25, 0.3) is 0 Å². The van der Waals surface area contributed by atoms with Crippen LogP contribution in [0, 0.1) is 0 Å². The molecule has 56 valence electrons. The predicted molar refractivity (Wildman–Crippen MR) is 44.3 cm³/mol. The van der Waals surface area contributed by atoms with Crippen LogP contribution in [-0.4, -0.2) is 8.42 Å². The van der Waals surface area contributed by atoms with Crippen molar-refractivity contribution in [3.05, 3.63) is 23.1 Å². The Morgan fingerprint density at radius 1 is 1.40 bits per heavy atom. The fourth-order valence-corrected chi connectivity index (χ4v) is 2.07. The topological polar surface area (TPSA) is 34.1 Å². The van der Waals surface area contributed by atoms with Gasteiger partial charge in [0.05, 0.1) is 19.7 Å². The second kappa shape index (κ2) is 2.88. The highest BCUT2D eigenvalue weighted by molar-refractivity contribution is 9.48. The van der Waals surface area contributed by atoms with Gasteiger partial charge in [-0.15, -0.1) is 0 Å². The van der Waals surface area contributed by atoms with Crippen molar-refractivity contribution in [3.8, 4) is 0 Å². The number of hydrogen-bond acceptors (Lipinski definition) is 2. The molecule has 0 bridgehead atoms. The third-order valence-electron chi connectivity index (χ3n) is 1.24. The van der Waals surface area contributed by atoms with Crippen LogP contribution in [0.3, 0.4) is 0 Å². The summed E-state index contributed by atoms with van der Waals surface area (Å²) in [7, 11) is -3.14. The van der Waals surface area contributed by atoms with E-state index in [1.165, 1.54) is 0 Å². The molecule has 0 amide bonds. The number of hydrogen-bond donors (Lipinski definition) is 0. The highest BCUT2D eigenvalue weighted by Gasteiger charge is 2.10. The molecule has 0 unspecified atom stereocenters. The summed E-state index contributed by atoms with van der Waals surface area (Å²) in [4.78, 5) is 0.374. The van der Waals surface area contributed by atoms with Crippen molar-refractivity contribution >= 4 is 23.1 Å². The third kappa shape index (κ3) is 1.95. The first-order valence-corrected chi connectivity index (χ1v) is 6.24. The molecule has 0 aliphatic heterocycles. The average molecular weight is 223 g/mol. The largest absolute Gasteiger partial charge is 0.237 e. The van der Waals surface area contributed by atoms with E-state index in [-0.39, 0.29) is 0 Å². The minimum atomic E-state index is -3.14. The minimum absolute atomic E-state index is 0.374. The van der Waals surface area contributed by atoms with Crippen LogP contribution in [0.5, 0.6) is 0 Å². The fourth-order valence-electron chi connectivity index (χ4n) is 0.770. The van der Waals surface area contributed by atoms with Gasteiger partial charge in [0.25, 0.3) is 0 Å². The lowest BCUT2D eigenvalue weighted by Gasteiger charge is -2.01. The SMILES string of the molecule is O=S(=O)(Br)C1=CCCC=C1. The molecule has 1 rings (SSSR count). The Bertz CT molecular complexity index is 274. The van der Waals surface area contributed by atoms with E-state index in [1.807, 2.05) is 6.08 Å². The van der Waals surface area contributed by atoms with Crippen molar-refractivity contribution in [2.24, 2.45) is 0 Å². The van der Waals surface area contributed by atoms with E-state index in [4.69, 9.17) is 0 Å². The lowest BCUT2D eigenvalue weighted by molar-refractivity contribution is 0.617. The Morgan fingerprint density at radius 2 is 2.10 bits per heavy atom. The van der Waals surface area contributed by atoms with E-state index in [9.17, 15) is 8.42 Å². The quantitative estimate of drug-likeness (QED) is 0.636. The van der Waals surface area contributed by atoms with Crippen molar-refractivity contribution in [1.82, 2.24) is 0 Å². The van der Waals surface area contributed by atoms with E-state index < -0.39 is 8.27 Å². The first-order chi connectivity index (χ1) is 4.61. The molecule has 0 heterocycles. The van der Waals surface area contributed by atoms with Crippen LogP contribution in [0.4, 0.5) is 0 Å². The van der Waals surface area contributed by atoms with E-state index in [1.54, 1.807) is 12.2 Å². The average Bonchev–Trinajstić information content (AvgIpc) is 1.88. The molecule has 4 heteroatoms. The molecule has 1 aliphatic carbocycles. The Labute approximate surface area is 67.7 Å². The van der Waals surface area contributed by atoms with E-state index in [2.05, 4.69) is 14.8 Å². The molecule has 0 radical (unpaired) electrons. The molecule has 0 aromatic heterocycles. The molecular formula is C6H7BrO2S. The van der Waals surface area contributed by atoms with Gasteiger partial charge < -0.3 is 0 Å². The zero-order chi connectivity index (χ0) is 7.61. The van der Waals surface area contributed by atoms with Crippen LogP contribution in [0.1, 0.15) is 12.8 Å². The van der Waals surface area contributed by atoms with E-state index in [0.29, 0.717) is 4.91 Å². The van der Waals surface area contributed by atoms with Gasteiger partial charge in [-0.2, -0.15) is 0 Å². The van der Waals surface area contributed by atoms with Gasteiger partial charge in [0.1, 0.15) is 0 Å². The molecule has 2 nitrogen and oxygen atoms in total. The summed E-state index contributed by atoms with van der Waals surface area (Å²) in [6.07, 6.45) is 6.94. The van der Waals surface area contributed by atoms with Gasteiger partial charge >= 0.3 is 0 Å². The molecule has 0 N–H and O–H groups in total. The Kier molecular flexibility index (Phi) is 2.31. The standard InChI is InChI=1S/C6H7BrO2S/c7-10(8,9)6-4-2-1-3-5-6/h2,4-5H,1,3H2. The van der Waals surface area contributed by atoms with Crippen LogP contribution in [0.2, 0.25) is 0 Å². The van der Waals surface area contributed by atoms with Gasteiger partial charge in [-0.05, 0) is 18.9 Å². The molecule has 0 atom stereocenters. The number of allylic oxidation sites excluding steroid dienone is 3. The molecule has 0 aromatic rings. The number of halogens is 1. The summed E-state index contributed by atoms with van der Waals surface area (Å²) in [5.74, 6) is 0. The summed E-state index contributed by atoms with van der Waals surface area (Å²) in [5, 5.41) is 0. The van der Waals surface area contributed by atoms with Crippen LogP contribution >= 0.6 is 14.8 Å². The molecule has 1 aliphatic rings. The van der Waals surface area contributed by atoms with Crippen molar-refractivity contribution in [1.29, 1.82) is 0 Å². The van der Waals surface area contributed by atoms with Crippen molar-refractivity contribution < 1.29 is 8.42 Å². The molecular weight excluding hydrogens is 216 g/mol. The predicted octanol–water partition coefficient (Wildman–Crippen LogP) is 1.95. The summed E-state index contributed by atoms with van der Waals surface area (Å²) in [5.41, 5.74) is 0. The molecule has 10 heavy (non-hydrogen) atoms. The van der Waals surface area contributed by atoms with Gasteiger partial charge in [-0.25, -0.2) is 8.42 Å². The van der Waals surface area contributed by atoms with Gasteiger partial charge in [-0.1, -0.05) is 12.2 Å². The highest BCUT2D eigenvalue weighted by atomic mass is 79.9. The maximum Gasteiger partial charge on any atom is 0.237 e. The Morgan fingerprint density at radius 3 is 2.40 bits per heavy atom. The maximum absolute atomic E-state index is 10.8. The molecule has 0 fully saturated rings. The van der Waals surface area contributed by atoms with Crippen molar-refractivity contribution in [3.63, 3.8) is 0 Å². The molecule has 0 spiro atoms. The van der Waals surface area contributed by atoms with E-state index in [0.717, 1.165) is 12.8 Å². The zero-order valence-corrected chi connectivity index (χ0v) is 7.65.